The number of pyridine rings is 1. The molecule has 0 bridgehead atoms. The second kappa shape index (κ2) is 4.64. The Hall–Kier alpha value is -2.11. The van der Waals surface area contributed by atoms with Gasteiger partial charge in [0, 0.05) is 13.1 Å². The normalized spacial score (nSPS) is 23.1. The zero-order chi connectivity index (χ0) is 13.3. The van der Waals surface area contributed by atoms with Crippen molar-refractivity contribution in [2.75, 3.05) is 18.8 Å². The van der Waals surface area contributed by atoms with Crippen LogP contribution in [0.15, 0.2) is 18.3 Å². The molecule has 1 aliphatic heterocycles. The molecular formula is C12H15N3O3. The number of anilines is 1. The summed E-state index contributed by atoms with van der Waals surface area (Å²) in [5.41, 5.74) is 6.28. The summed E-state index contributed by atoms with van der Waals surface area (Å²) >= 11 is 0. The van der Waals surface area contributed by atoms with Crippen molar-refractivity contribution in [2.45, 2.75) is 6.92 Å². The minimum atomic E-state index is -0.858. The molecule has 96 valence electrons. The molecule has 0 spiro atoms. The Kier molecular flexibility index (Phi) is 3.18. The highest BCUT2D eigenvalue weighted by Gasteiger charge is 2.37. The van der Waals surface area contributed by atoms with E-state index in [0.717, 1.165) is 0 Å². The Morgan fingerprint density at radius 3 is 2.67 bits per heavy atom. The van der Waals surface area contributed by atoms with E-state index < -0.39 is 11.9 Å². The first kappa shape index (κ1) is 12.3. The fourth-order valence-electron chi connectivity index (χ4n) is 2.15. The van der Waals surface area contributed by atoms with Gasteiger partial charge in [-0.25, -0.2) is 4.98 Å². The highest BCUT2D eigenvalue weighted by atomic mass is 16.4. The average molecular weight is 249 g/mol. The third kappa shape index (κ3) is 2.27. The number of amides is 1. The number of hydrogen-bond acceptors (Lipinski definition) is 4. The SMILES string of the molecule is C[C@@H]1CN(C(=O)c2ccc(N)cn2)C[C@H]1C(=O)O. The van der Waals surface area contributed by atoms with Crippen LogP contribution in [0.25, 0.3) is 0 Å². The molecule has 2 rings (SSSR count). The summed E-state index contributed by atoms with van der Waals surface area (Å²) < 4.78 is 0. The van der Waals surface area contributed by atoms with Crippen LogP contribution in [0.1, 0.15) is 17.4 Å². The Labute approximate surface area is 104 Å². The van der Waals surface area contributed by atoms with Gasteiger partial charge in [-0.1, -0.05) is 6.92 Å². The lowest BCUT2D eigenvalue weighted by Gasteiger charge is -2.15. The molecule has 0 aromatic carbocycles. The third-order valence-electron chi connectivity index (χ3n) is 3.22. The average Bonchev–Trinajstić information content (AvgIpc) is 2.71. The third-order valence-corrected chi connectivity index (χ3v) is 3.22. The van der Waals surface area contributed by atoms with Gasteiger partial charge in [-0.05, 0) is 18.1 Å². The van der Waals surface area contributed by atoms with Gasteiger partial charge in [0.2, 0.25) is 0 Å². The van der Waals surface area contributed by atoms with E-state index >= 15 is 0 Å². The second-order valence-corrected chi connectivity index (χ2v) is 4.61. The van der Waals surface area contributed by atoms with Gasteiger partial charge in [0.1, 0.15) is 5.69 Å². The monoisotopic (exact) mass is 249 g/mol. The molecule has 18 heavy (non-hydrogen) atoms. The molecule has 2 atom stereocenters. The lowest BCUT2D eigenvalue weighted by molar-refractivity contribution is -0.142. The summed E-state index contributed by atoms with van der Waals surface area (Å²) in [6, 6.07) is 3.16. The predicted octanol–water partition coefficient (Wildman–Crippen LogP) is 0.457. The maximum atomic E-state index is 12.1. The molecule has 1 aromatic heterocycles. The largest absolute Gasteiger partial charge is 0.481 e. The van der Waals surface area contributed by atoms with Crippen molar-refractivity contribution < 1.29 is 14.7 Å². The summed E-state index contributed by atoms with van der Waals surface area (Å²) in [4.78, 5) is 28.6. The molecule has 3 N–H and O–H groups in total. The molecule has 6 heteroatoms. The van der Waals surface area contributed by atoms with Crippen LogP contribution in [0.5, 0.6) is 0 Å². The fourth-order valence-corrected chi connectivity index (χ4v) is 2.15. The van der Waals surface area contributed by atoms with Crippen molar-refractivity contribution in [3.8, 4) is 0 Å². The number of carbonyl (C=O) groups is 2. The molecule has 0 radical (unpaired) electrons. The number of nitrogen functional groups attached to an aromatic ring is 1. The van der Waals surface area contributed by atoms with Crippen molar-refractivity contribution in [1.82, 2.24) is 9.88 Å². The van der Waals surface area contributed by atoms with Gasteiger partial charge in [0.25, 0.3) is 5.91 Å². The second-order valence-electron chi connectivity index (χ2n) is 4.61. The summed E-state index contributed by atoms with van der Waals surface area (Å²) in [6.07, 6.45) is 1.42. The molecular weight excluding hydrogens is 234 g/mol. The van der Waals surface area contributed by atoms with E-state index in [4.69, 9.17) is 10.8 Å². The number of carbonyl (C=O) groups excluding carboxylic acids is 1. The van der Waals surface area contributed by atoms with E-state index in [0.29, 0.717) is 17.9 Å². The van der Waals surface area contributed by atoms with Gasteiger partial charge in [-0.2, -0.15) is 0 Å². The number of nitrogens with two attached hydrogens (primary N) is 1. The van der Waals surface area contributed by atoms with Crippen molar-refractivity contribution in [3.63, 3.8) is 0 Å². The van der Waals surface area contributed by atoms with Crippen molar-refractivity contribution in [2.24, 2.45) is 11.8 Å². The van der Waals surface area contributed by atoms with Gasteiger partial charge < -0.3 is 15.7 Å². The zero-order valence-corrected chi connectivity index (χ0v) is 10.0. The minimum Gasteiger partial charge on any atom is -0.481 e. The van der Waals surface area contributed by atoms with Crippen LogP contribution in [-0.4, -0.2) is 40.0 Å². The Balaban J connectivity index is 2.12. The van der Waals surface area contributed by atoms with E-state index in [1.54, 1.807) is 12.1 Å². The van der Waals surface area contributed by atoms with E-state index in [1.807, 2.05) is 6.92 Å². The van der Waals surface area contributed by atoms with Crippen LogP contribution in [0.2, 0.25) is 0 Å². The standard InChI is InChI=1S/C12H15N3O3/c1-7-5-15(6-9(7)12(17)18)11(16)10-3-2-8(13)4-14-10/h2-4,7,9H,5-6,13H2,1H3,(H,17,18)/t7-,9-/m1/s1. The molecule has 2 heterocycles. The first-order valence-electron chi connectivity index (χ1n) is 5.72. The van der Waals surface area contributed by atoms with Gasteiger partial charge >= 0.3 is 5.97 Å². The molecule has 0 aliphatic carbocycles. The van der Waals surface area contributed by atoms with Gasteiger partial charge in [-0.15, -0.1) is 0 Å². The summed E-state index contributed by atoms with van der Waals surface area (Å²) in [7, 11) is 0. The van der Waals surface area contributed by atoms with Crippen LogP contribution in [0.4, 0.5) is 5.69 Å². The summed E-state index contributed by atoms with van der Waals surface area (Å²) in [5, 5.41) is 9.02. The van der Waals surface area contributed by atoms with Gasteiger partial charge in [-0.3, -0.25) is 9.59 Å². The highest BCUT2D eigenvalue weighted by Crippen LogP contribution is 2.24. The number of aliphatic carboxylic acids is 1. The van der Waals surface area contributed by atoms with Crippen LogP contribution in [0.3, 0.4) is 0 Å². The van der Waals surface area contributed by atoms with Crippen LogP contribution < -0.4 is 5.73 Å². The van der Waals surface area contributed by atoms with E-state index in [1.165, 1.54) is 11.1 Å². The lowest BCUT2D eigenvalue weighted by atomic mass is 9.99. The van der Waals surface area contributed by atoms with Crippen molar-refractivity contribution >= 4 is 17.6 Å². The topological polar surface area (TPSA) is 96.5 Å². The maximum Gasteiger partial charge on any atom is 0.308 e. The highest BCUT2D eigenvalue weighted by molar-refractivity contribution is 5.93. The number of nitrogens with zero attached hydrogens (tertiary/aromatic N) is 2. The lowest BCUT2D eigenvalue weighted by Crippen LogP contribution is -2.30. The predicted molar refractivity (Wildman–Crippen MR) is 64.8 cm³/mol. The number of rotatable bonds is 2. The molecule has 6 nitrogen and oxygen atoms in total. The smallest absolute Gasteiger partial charge is 0.308 e. The summed E-state index contributed by atoms with van der Waals surface area (Å²) in [5.74, 6) is -1.64. The van der Waals surface area contributed by atoms with Gasteiger partial charge in [0.15, 0.2) is 0 Å². The maximum absolute atomic E-state index is 12.1. The molecule has 1 saturated heterocycles. The molecule has 1 aromatic rings. The van der Waals surface area contributed by atoms with E-state index in [9.17, 15) is 9.59 Å². The Morgan fingerprint density at radius 1 is 1.44 bits per heavy atom. The number of carboxylic acid groups (broad SMARTS) is 1. The number of hydrogen-bond donors (Lipinski definition) is 2. The Bertz CT molecular complexity index is 472. The Morgan fingerprint density at radius 2 is 2.17 bits per heavy atom. The van der Waals surface area contributed by atoms with Crippen LogP contribution >= 0.6 is 0 Å². The molecule has 1 aliphatic rings. The zero-order valence-electron chi connectivity index (χ0n) is 10.0. The summed E-state index contributed by atoms with van der Waals surface area (Å²) in [6.45, 7) is 2.52. The molecule has 1 fully saturated rings. The molecule has 1 amide bonds. The first-order valence-corrected chi connectivity index (χ1v) is 5.72. The number of likely N-dealkylation sites (tertiary alicyclic amines) is 1. The van der Waals surface area contributed by atoms with Crippen molar-refractivity contribution in [3.05, 3.63) is 24.0 Å². The van der Waals surface area contributed by atoms with Crippen LogP contribution in [0, 0.1) is 11.8 Å². The van der Waals surface area contributed by atoms with E-state index in [-0.39, 0.29) is 18.4 Å². The minimum absolute atomic E-state index is 0.0415. The van der Waals surface area contributed by atoms with E-state index in [2.05, 4.69) is 4.98 Å². The van der Waals surface area contributed by atoms with Gasteiger partial charge in [0.05, 0.1) is 17.8 Å². The van der Waals surface area contributed by atoms with Crippen LogP contribution in [-0.2, 0) is 4.79 Å². The molecule has 0 unspecified atom stereocenters. The number of aromatic nitrogens is 1. The quantitative estimate of drug-likeness (QED) is 0.793. The fraction of sp³-hybridized carbons (Fsp3) is 0.417. The molecule has 0 saturated carbocycles. The first-order chi connectivity index (χ1) is 8.49. The number of carboxylic acids is 1. The van der Waals surface area contributed by atoms with Crippen molar-refractivity contribution in [1.29, 1.82) is 0 Å².